The van der Waals surface area contributed by atoms with Gasteiger partial charge in [0.05, 0.1) is 6.67 Å². The van der Waals surface area contributed by atoms with Crippen molar-refractivity contribution in [1.29, 1.82) is 0 Å². The molecule has 1 N–H and O–H groups in total. The monoisotopic (exact) mass is 335 g/mol. The molecule has 0 saturated carbocycles. The van der Waals surface area contributed by atoms with Crippen molar-refractivity contribution in [3.05, 3.63) is 12.4 Å². The van der Waals surface area contributed by atoms with E-state index in [9.17, 15) is 12.9 Å². The minimum Gasteiger partial charge on any atom is -1.00 e. The smallest absolute Gasteiger partial charge is 0.762 e. The highest BCUT2D eigenvalue weighted by Gasteiger charge is 2.06. The molecule has 0 radical (unpaired) electrons. The fraction of sp³-hybridized carbons (Fsp3) is 0.857. The minimum absolute atomic E-state index is 0. The van der Waals surface area contributed by atoms with Crippen molar-refractivity contribution in [2.24, 2.45) is 0 Å². The van der Waals surface area contributed by atoms with Crippen molar-refractivity contribution < 1.29 is 22.8 Å². The molecule has 0 saturated heterocycles. The summed E-state index contributed by atoms with van der Waals surface area (Å²) in [6.07, 6.45) is 7.62. The van der Waals surface area contributed by atoms with Gasteiger partial charge in [-0.1, -0.05) is 48.5 Å². The summed E-state index contributed by atoms with van der Waals surface area (Å²) < 4.78 is 29.0. The molecule has 1 aliphatic rings. The maximum Gasteiger partial charge on any atom is 0.762 e. The molecule has 0 unspecified atom stereocenters. The third kappa shape index (κ3) is 61.4. The standard InChI is InChI=1S/C5H10N2.C4H10.C3H8O.2CH4.BF3.FH/c1-6-3-4-7(2)5-6;1-3-4-2;1-2-3-4;;;2-1(3)4;/h3-4H,5H2,1-2H3;3-4H2,1-2H3;4H,2-3H2,1H3;2*1H4;;1H/p-1. The Hall–Kier alpha value is -0.915. The summed E-state index contributed by atoms with van der Waals surface area (Å²) in [5, 5.41) is 7.88. The summed E-state index contributed by atoms with van der Waals surface area (Å²) in [6, 6.07) is 0. The molecule has 0 aromatic heterocycles. The van der Waals surface area contributed by atoms with E-state index < -0.39 is 7.54 Å². The molecular formula is C14H36BF4N2O-. The third-order valence-corrected chi connectivity index (χ3v) is 1.75. The van der Waals surface area contributed by atoms with Crippen LogP contribution in [0.25, 0.3) is 0 Å². The van der Waals surface area contributed by atoms with Crippen molar-refractivity contribution in [2.45, 2.75) is 54.9 Å². The maximum absolute atomic E-state index is 9.67. The second kappa shape index (κ2) is 32.1. The number of hydrogen-bond donors (Lipinski definition) is 1. The van der Waals surface area contributed by atoms with Gasteiger partial charge in [0.25, 0.3) is 0 Å². The van der Waals surface area contributed by atoms with Crippen molar-refractivity contribution >= 4 is 7.54 Å². The number of nitrogens with zero attached hydrogens (tertiary/aromatic N) is 2. The Balaban J connectivity index is -0.0000000387. The van der Waals surface area contributed by atoms with Crippen LogP contribution < -0.4 is 4.70 Å². The van der Waals surface area contributed by atoms with Gasteiger partial charge >= 0.3 is 7.54 Å². The highest BCUT2D eigenvalue weighted by molar-refractivity contribution is 6.33. The van der Waals surface area contributed by atoms with Crippen LogP contribution in [0.5, 0.6) is 0 Å². The number of aliphatic hydroxyl groups excluding tert-OH is 1. The first kappa shape index (κ1) is 37.4. The Morgan fingerprint density at radius 2 is 1.14 bits per heavy atom. The Morgan fingerprint density at radius 1 is 0.909 bits per heavy atom. The molecule has 1 aliphatic heterocycles. The van der Waals surface area contributed by atoms with Crippen molar-refractivity contribution in [3.8, 4) is 0 Å². The molecule has 3 nitrogen and oxygen atoms in total. The molecule has 0 amide bonds. The van der Waals surface area contributed by atoms with E-state index in [-0.39, 0.29) is 19.6 Å². The lowest BCUT2D eigenvalue weighted by atomic mass is 10.4. The minimum atomic E-state index is -3.67. The number of unbranched alkanes of at least 4 members (excludes halogenated alkanes) is 1. The van der Waals surface area contributed by atoms with Crippen LogP contribution in [-0.4, -0.2) is 49.8 Å². The second-order valence-corrected chi connectivity index (χ2v) is 3.92. The van der Waals surface area contributed by atoms with Crippen LogP contribution in [0.1, 0.15) is 54.9 Å². The van der Waals surface area contributed by atoms with Crippen LogP contribution >= 0.6 is 0 Å². The van der Waals surface area contributed by atoms with E-state index in [0.29, 0.717) is 6.61 Å². The molecule has 0 spiro atoms. The Morgan fingerprint density at radius 3 is 1.18 bits per heavy atom. The van der Waals surface area contributed by atoms with Crippen LogP contribution in [0.15, 0.2) is 12.4 Å². The highest BCUT2D eigenvalue weighted by Crippen LogP contribution is 1.97. The zero-order valence-corrected chi connectivity index (χ0v) is 13.1. The number of aliphatic hydroxyl groups is 1. The van der Waals surface area contributed by atoms with E-state index >= 15 is 0 Å². The van der Waals surface area contributed by atoms with E-state index in [1.165, 1.54) is 12.8 Å². The first-order valence-corrected chi connectivity index (χ1v) is 6.47. The molecule has 0 aliphatic carbocycles. The van der Waals surface area contributed by atoms with E-state index in [1.54, 1.807) is 0 Å². The second-order valence-electron chi connectivity index (χ2n) is 3.92. The van der Waals surface area contributed by atoms with Gasteiger partial charge < -0.3 is 19.6 Å². The molecule has 0 atom stereocenters. The van der Waals surface area contributed by atoms with Gasteiger partial charge in [-0.25, -0.2) is 0 Å². The van der Waals surface area contributed by atoms with E-state index in [1.807, 2.05) is 6.92 Å². The number of rotatable bonds is 2. The van der Waals surface area contributed by atoms with Crippen LogP contribution in [0.2, 0.25) is 0 Å². The van der Waals surface area contributed by atoms with Gasteiger partial charge in [-0.3, -0.25) is 12.9 Å². The lowest BCUT2D eigenvalue weighted by molar-refractivity contribution is -0.00000901. The van der Waals surface area contributed by atoms with Gasteiger partial charge in [0.1, 0.15) is 0 Å². The normalized spacial score (nSPS) is 10.0. The van der Waals surface area contributed by atoms with Gasteiger partial charge in [0, 0.05) is 33.1 Å². The summed E-state index contributed by atoms with van der Waals surface area (Å²) in [7, 11) is 0.444. The van der Waals surface area contributed by atoms with Gasteiger partial charge in [-0.2, -0.15) is 0 Å². The number of hydrogen-bond acceptors (Lipinski definition) is 3. The van der Waals surface area contributed by atoms with E-state index in [0.717, 1.165) is 13.1 Å². The van der Waals surface area contributed by atoms with E-state index in [4.69, 9.17) is 5.11 Å². The third-order valence-electron chi connectivity index (χ3n) is 1.75. The zero-order chi connectivity index (χ0) is 15.7. The van der Waals surface area contributed by atoms with Crippen LogP contribution in [0, 0.1) is 0 Å². The van der Waals surface area contributed by atoms with Gasteiger partial charge in [-0.15, -0.1) is 0 Å². The Kier molecular flexibility index (Phi) is 54.6. The van der Waals surface area contributed by atoms with Gasteiger partial charge in [-0.05, 0) is 6.42 Å². The lowest BCUT2D eigenvalue weighted by Crippen LogP contribution is -3.00. The van der Waals surface area contributed by atoms with Crippen LogP contribution in [0.4, 0.5) is 12.9 Å². The van der Waals surface area contributed by atoms with Crippen molar-refractivity contribution in [1.82, 2.24) is 9.80 Å². The summed E-state index contributed by atoms with van der Waals surface area (Å²) in [5.74, 6) is 0. The summed E-state index contributed by atoms with van der Waals surface area (Å²) in [5.41, 5.74) is 0. The molecule has 0 bridgehead atoms. The predicted molar refractivity (Wildman–Crippen MR) is 90.0 cm³/mol. The molecule has 140 valence electrons. The lowest BCUT2D eigenvalue weighted by Gasteiger charge is -2.10. The van der Waals surface area contributed by atoms with Crippen LogP contribution in [0.3, 0.4) is 0 Å². The average molecular weight is 335 g/mol. The fourth-order valence-corrected chi connectivity index (χ4v) is 0.674. The summed E-state index contributed by atoms with van der Waals surface area (Å²) >= 11 is 0. The Labute approximate surface area is 135 Å². The van der Waals surface area contributed by atoms with Gasteiger partial charge in [0.15, 0.2) is 0 Å². The highest BCUT2D eigenvalue weighted by atomic mass is 19.4. The first-order chi connectivity index (χ1) is 8.85. The molecule has 8 heteroatoms. The fourth-order valence-electron chi connectivity index (χ4n) is 0.674. The predicted octanol–water partition coefficient (Wildman–Crippen LogP) is 1.64. The SMILES string of the molecule is C.C.CCCC.CCCO.CN1C=CN(C)C1.FB(F)F.[F-]. The van der Waals surface area contributed by atoms with Gasteiger partial charge in [0.2, 0.25) is 0 Å². The Bertz CT molecular complexity index is 169. The van der Waals surface area contributed by atoms with E-state index in [2.05, 4.69) is 50.1 Å². The molecule has 1 heterocycles. The first-order valence-electron chi connectivity index (χ1n) is 6.47. The molecule has 0 aromatic carbocycles. The average Bonchev–Trinajstić information content (AvgIpc) is 2.73. The molecule has 1 rings (SSSR count). The van der Waals surface area contributed by atoms with Crippen molar-refractivity contribution in [3.63, 3.8) is 0 Å². The van der Waals surface area contributed by atoms with Crippen molar-refractivity contribution in [2.75, 3.05) is 27.4 Å². The zero-order valence-electron chi connectivity index (χ0n) is 13.1. The quantitative estimate of drug-likeness (QED) is 0.614. The summed E-state index contributed by atoms with van der Waals surface area (Å²) in [4.78, 5) is 4.25. The molecular weight excluding hydrogens is 299 g/mol. The molecule has 22 heavy (non-hydrogen) atoms. The molecule has 0 fully saturated rings. The number of halogens is 4. The molecule has 0 aromatic rings. The summed E-state index contributed by atoms with van der Waals surface area (Å²) in [6.45, 7) is 7.64. The largest absolute Gasteiger partial charge is 1.00 e. The topological polar surface area (TPSA) is 26.7 Å². The maximum atomic E-state index is 9.67. The van der Waals surface area contributed by atoms with Crippen LogP contribution in [-0.2, 0) is 0 Å².